The van der Waals surface area contributed by atoms with Gasteiger partial charge in [-0.15, -0.1) is 0 Å². The van der Waals surface area contributed by atoms with Gasteiger partial charge in [0.05, 0.1) is 12.3 Å². The molecule has 15 heavy (non-hydrogen) atoms. The number of nitrogens with zero attached hydrogens (tertiary/aromatic N) is 1. The number of nitrogen functional groups attached to an aromatic ring is 1. The maximum absolute atomic E-state index is 9.14. The minimum absolute atomic E-state index is 0.0898. The van der Waals surface area contributed by atoms with Gasteiger partial charge in [0.25, 0.3) is 0 Å². The summed E-state index contributed by atoms with van der Waals surface area (Å²) in [7, 11) is 0. The lowest BCUT2D eigenvalue weighted by atomic mass is 10.0. The van der Waals surface area contributed by atoms with Crippen LogP contribution in [0, 0.1) is 6.92 Å². The molecule has 1 aromatic heterocycles. The van der Waals surface area contributed by atoms with Crippen LogP contribution in [0.1, 0.15) is 11.3 Å². The zero-order chi connectivity index (χ0) is 10.8. The summed E-state index contributed by atoms with van der Waals surface area (Å²) in [6.07, 6.45) is 0. The number of H-pyrrole nitrogens is 1. The Morgan fingerprint density at radius 1 is 1.47 bits per heavy atom. The van der Waals surface area contributed by atoms with E-state index in [1.54, 1.807) is 0 Å². The van der Waals surface area contributed by atoms with Crippen LogP contribution in [0.4, 0.5) is 5.82 Å². The van der Waals surface area contributed by atoms with Gasteiger partial charge >= 0.3 is 0 Å². The molecule has 4 heteroatoms. The van der Waals surface area contributed by atoms with E-state index < -0.39 is 0 Å². The number of aromatic amines is 1. The minimum Gasteiger partial charge on any atom is -0.390 e. The van der Waals surface area contributed by atoms with E-state index in [0.29, 0.717) is 11.5 Å². The van der Waals surface area contributed by atoms with Crippen molar-refractivity contribution in [3.8, 4) is 11.1 Å². The quantitative estimate of drug-likeness (QED) is 0.691. The van der Waals surface area contributed by atoms with Crippen molar-refractivity contribution in [2.24, 2.45) is 0 Å². The van der Waals surface area contributed by atoms with Gasteiger partial charge in [0.1, 0.15) is 0 Å². The number of nitrogens with one attached hydrogen (secondary N) is 1. The summed E-state index contributed by atoms with van der Waals surface area (Å²) in [6, 6.07) is 7.93. The number of rotatable bonds is 2. The number of aliphatic hydroxyl groups excluding tert-OH is 1. The first kappa shape index (κ1) is 9.73. The first-order chi connectivity index (χ1) is 7.22. The number of aromatic nitrogens is 2. The van der Waals surface area contributed by atoms with Gasteiger partial charge in [0, 0.05) is 5.56 Å². The predicted molar refractivity (Wildman–Crippen MR) is 59.1 cm³/mol. The third-order valence-electron chi connectivity index (χ3n) is 2.33. The second-order valence-electron chi connectivity index (χ2n) is 3.49. The number of aryl methyl sites for hydroxylation is 1. The predicted octanol–water partition coefficient (Wildman–Crippen LogP) is 1.46. The lowest BCUT2D eigenvalue weighted by molar-refractivity contribution is 0.277. The highest BCUT2D eigenvalue weighted by Gasteiger charge is 2.11. The van der Waals surface area contributed by atoms with Crippen LogP contribution in [0.3, 0.4) is 0 Å². The zero-order valence-electron chi connectivity index (χ0n) is 8.49. The number of benzene rings is 1. The fraction of sp³-hybridized carbons (Fsp3) is 0.182. The highest BCUT2D eigenvalue weighted by Crippen LogP contribution is 2.28. The Bertz CT molecular complexity index is 476. The largest absolute Gasteiger partial charge is 0.390 e. The summed E-state index contributed by atoms with van der Waals surface area (Å²) in [5, 5.41) is 15.7. The van der Waals surface area contributed by atoms with Crippen LogP contribution < -0.4 is 5.73 Å². The van der Waals surface area contributed by atoms with E-state index in [1.165, 1.54) is 0 Å². The number of hydrogen-bond acceptors (Lipinski definition) is 3. The Morgan fingerprint density at radius 3 is 2.93 bits per heavy atom. The van der Waals surface area contributed by atoms with Crippen molar-refractivity contribution in [1.82, 2.24) is 10.2 Å². The fourth-order valence-corrected chi connectivity index (χ4v) is 1.63. The average Bonchev–Trinajstić information content (AvgIpc) is 2.59. The van der Waals surface area contributed by atoms with Gasteiger partial charge in [-0.1, -0.05) is 29.8 Å². The van der Waals surface area contributed by atoms with Crippen molar-refractivity contribution in [3.63, 3.8) is 0 Å². The maximum atomic E-state index is 9.14. The van der Waals surface area contributed by atoms with Crippen molar-refractivity contribution in [1.29, 1.82) is 0 Å². The van der Waals surface area contributed by atoms with Gasteiger partial charge in [-0.3, -0.25) is 5.10 Å². The number of anilines is 1. The summed E-state index contributed by atoms with van der Waals surface area (Å²) in [4.78, 5) is 0. The average molecular weight is 203 g/mol. The lowest BCUT2D eigenvalue weighted by Crippen LogP contribution is -1.91. The van der Waals surface area contributed by atoms with Crippen molar-refractivity contribution in [3.05, 3.63) is 35.5 Å². The molecule has 0 aliphatic carbocycles. The molecule has 0 atom stereocenters. The summed E-state index contributed by atoms with van der Waals surface area (Å²) in [5.74, 6) is 0.421. The minimum atomic E-state index is -0.0898. The Labute approximate surface area is 87.7 Å². The molecule has 1 heterocycles. The van der Waals surface area contributed by atoms with E-state index in [1.807, 2.05) is 31.2 Å². The molecule has 0 amide bonds. The molecule has 0 saturated carbocycles. The third-order valence-corrected chi connectivity index (χ3v) is 2.33. The van der Waals surface area contributed by atoms with Crippen LogP contribution in [-0.2, 0) is 6.61 Å². The topological polar surface area (TPSA) is 74.9 Å². The van der Waals surface area contributed by atoms with E-state index in [-0.39, 0.29) is 6.61 Å². The molecule has 4 nitrogen and oxygen atoms in total. The monoisotopic (exact) mass is 203 g/mol. The molecule has 0 radical (unpaired) electrons. The van der Waals surface area contributed by atoms with Crippen LogP contribution >= 0.6 is 0 Å². The molecule has 0 aliphatic rings. The normalized spacial score (nSPS) is 10.5. The van der Waals surface area contributed by atoms with E-state index in [9.17, 15) is 0 Å². The molecule has 0 fully saturated rings. The zero-order valence-corrected chi connectivity index (χ0v) is 8.49. The molecule has 0 unspecified atom stereocenters. The van der Waals surface area contributed by atoms with Crippen molar-refractivity contribution in [2.45, 2.75) is 13.5 Å². The molecule has 0 aliphatic heterocycles. The summed E-state index contributed by atoms with van der Waals surface area (Å²) < 4.78 is 0. The van der Waals surface area contributed by atoms with E-state index in [4.69, 9.17) is 10.8 Å². The highest BCUT2D eigenvalue weighted by atomic mass is 16.3. The first-order valence-electron chi connectivity index (χ1n) is 4.73. The first-order valence-corrected chi connectivity index (χ1v) is 4.73. The van der Waals surface area contributed by atoms with Crippen LogP contribution in [0.5, 0.6) is 0 Å². The molecule has 78 valence electrons. The molecular weight excluding hydrogens is 190 g/mol. The SMILES string of the molecule is Cc1cccc(-c2c(N)n[nH]c2CO)c1. The molecule has 2 rings (SSSR count). The molecule has 1 aromatic carbocycles. The Balaban J connectivity index is 2.57. The molecule has 0 saturated heterocycles. The van der Waals surface area contributed by atoms with Gasteiger partial charge in [0.2, 0.25) is 0 Å². The second kappa shape index (κ2) is 3.74. The van der Waals surface area contributed by atoms with Gasteiger partial charge in [0.15, 0.2) is 5.82 Å². The number of hydrogen-bond donors (Lipinski definition) is 3. The van der Waals surface area contributed by atoms with E-state index in [2.05, 4.69) is 10.2 Å². The number of nitrogens with two attached hydrogens (primary N) is 1. The van der Waals surface area contributed by atoms with Gasteiger partial charge in [-0.2, -0.15) is 5.10 Å². The molecule has 0 bridgehead atoms. The van der Waals surface area contributed by atoms with Crippen molar-refractivity contribution >= 4 is 5.82 Å². The van der Waals surface area contributed by atoms with Crippen LogP contribution in [-0.4, -0.2) is 15.3 Å². The summed E-state index contributed by atoms with van der Waals surface area (Å²) in [5.41, 5.74) is 9.32. The fourth-order valence-electron chi connectivity index (χ4n) is 1.63. The lowest BCUT2D eigenvalue weighted by Gasteiger charge is -2.03. The molecule has 4 N–H and O–H groups in total. The smallest absolute Gasteiger partial charge is 0.153 e. The van der Waals surface area contributed by atoms with Crippen molar-refractivity contribution < 1.29 is 5.11 Å². The number of aliphatic hydroxyl groups is 1. The van der Waals surface area contributed by atoms with Crippen LogP contribution in [0.25, 0.3) is 11.1 Å². The van der Waals surface area contributed by atoms with Gasteiger partial charge in [-0.05, 0) is 12.5 Å². The van der Waals surface area contributed by atoms with Crippen molar-refractivity contribution in [2.75, 3.05) is 5.73 Å². The van der Waals surface area contributed by atoms with Gasteiger partial charge < -0.3 is 10.8 Å². The van der Waals surface area contributed by atoms with Crippen LogP contribution in [0.2, 0.25) is 0 Å². The van der Waals surface area contributed by atoms with E-state index >= 15 is 0 Å². The third kappa shape index (κ3) is 1.71. The van der Waals surface area contributed by atoms with E-state index in [0.717, 1.165) is 16.7 Å². The maximum Gasteiger partial charge on any atom is 0.153 e. The molecular formula is C11H13N3O. The molecule has 2 aromatic rings. The molecule has 0 spiro atoms. The summed E-state index contributed by atoms with van der Waals surface area (Å²) in [6.45, 7) is 1.92. The summed E-state index contributed by atoms with van der Waals surface area (Å²) >= 11 is 0. The Morgan fingerprint density at radius 2 is 2.27 bits per heavy atom. The Hall–Kier alpha value is -1.81. The standard InChI is InChI=1S/C11H13N3O/c1-7-3-2-4-8(5-7)10-9(6-15)13-14-11(10)12/h2-5,15H,6H2,1H3,(H3,12,13,14). The van der Waals surface area contributed by atoms with Crippen LogP contribution in [0.15, 0.2) is 24.3 Å². The Kier molecular flexibility index (Phi) is 2.43. The second-order valence-corrected chi connectivity index (χ2v) is 3.49. The highest BCUT2D eigenvalue weighted by molar-refractivity contribution is 5.76. The van der Waals surface area contributed by atoms with Gasteiger partial charge in [-0.25, -0.2) is 0 Å².